The maximum Gasteiger partial charge on any atom is 0.507 e. The smallest absolute Gasteiger partial charge is 0.450 e. The molecule has 0 bridgehead atoms. The lowest BCUT2D eigenvalue weighted by Crippen LogP contribution is -2.57. The summed E-state index contributed by atoms with van der Waals surface area (Å²) >= 11 is 0. The van der Waals surface area contributed by atoms with E-state index in [1.807, 2.05) is 26.8 Å². The summed E-state index contributed by atoms with van der Waals surface area (Å²) < 4.78 is 10.7. The van der Waals surface area contributed by atoms with Crippen LogP contribution in [0.5, 0.6) is 0 Å². The van der Waals surface area contributed by atoms with Crippen LogP contribution in [0.1, 0.15) is 56.0 Å². The summed E-state index contributed by atoms with van der Waals surface area (Å²) in [5, 5.41) is 9.20. The summed E-state index contributed by atoms with van der Waals surface area (Å²) in [6.45, 7) is 5.93. The number of benzene rings is 1. The highest BCUT2D eigenvalue weighted by Crippen LogP contribution is 2.39. The molecular formula is C20H26N2O6. The van der Waals surface area contributed by atoms with Gasteiger partial charge in [-0.15, -0.1) is 0 Å². The number of rotatable bonds is 3. The molecule has 1 amide bonds. The zero-order chi connectivity index (χ0) is 20.5. The van der Waals surface area contributed by atoms with Crippen molar-refractivity contribution in [3.05, 3.63) is 29.3 Å². The lowest BCUT2D eigenvalue weighted by Gasteiger charge is -2.44. The molecule has 0 spiro atoms. The molecule has 1 aromatic carbocycles. The Bertz CT molecular complexity index is 772. The van der Waals surface area contributed by atoms with Crippen LogP contribution in [0.25, 0.3) is 0 Å². The van der Waals surface area contributed by atoms with Gasteiger partial charge in [-0.1, -0.05) is 12.1 Å². The van der Waals surface area contributed by atoms with Gasteiger partial charge in [0.1, 0.15) is 18.1 Å². The van der Waals surface area contributed by atoms with Gasteiger partial charge >= 0.3 is 12.2 Å². The molecule has 2 heterocycles. The average Bonchev–Trinajstić information content (AvgIpc) is 2.97. The molecule has 0 unspecified atom stereocenters. The minimum absolute atomic E-state index is 0.259. The molecule has 28 heavy (non-hydrogen) atoms. The van der Waals surface area contributed by atoms with Crippen molar-refractivity contribution in [1.82, 2.24) is 4.90 Å². The topological polar surface area (TPSA) is 96.4 Å². The molecule has 1 saturated heterocycles. The third-order valence-electron chi connectivity index (χ3n) is 4.94. The van der Waals surface area contributed by atoms with Crippen molar-refractivity contribution in [2.45, 2.75) is 64.4 Å². The largest absolute Gasteiger partial charge is 0.507 e. The summed E-state index contributed by atoms with van der Waals surface area (Å²) in [4.78, 5) is 39.0. The number of carbonyl (C=O) groups excluding carboxylic acids is 2. The molecule has 0 aromatic heterocycles. The Labute approximate surface area is 164 Å². The van der Waals surface area contributed by atoms with Crippen molar-refractivity contribution < 1.29 is 29.0 Å². The number of hydrogen-bond acceptors (Lipinski definition) is 6. The number of nitrogens with zero attached hydrogens (tertiary/aromatic N) is 2. The fraction of sp³-hybridized carbons (Fsp3) is 0.550. The van der Waals surface area contributed by atoms with E-state index in [2.05, 4.69) is 0 Å². The van der Waals surface area contributed by atoms with Crippen LogP contribution < -0.4 is 4.90 Å². The number of fused-ring (bicyclic) bond motifs is 1. The normalized spacial score (nSPS) is 21.8. The van der Waals surface area contributed by atoms with Gasteiger partial charge in [-0.05, 0) is 51.7 Å². The van der Waals surface area contributed by atoms with Crippen LogP contribution in [0.3, 0.4) is 0 Å². The van der Waals surface area contributed by atoms with Crippen molar-refractivity contribution in [3.8, 4) is 0 Å². The molecule has 8 heteroatoms. The van der Waals surface area contributed by atoms with Crippen LogP contribution >= 0.6 is 0 Å². The molecular weight excluding hydrogens is 364 g/mol. The molecule has 152 valence electrons. The van der Waals surface area contributed by atoms with E-state index in [9.17, 15) is 19.5 Å². The minimum Gasteiger partial charge on any atom is -0.450 e. The standard InChI is InChI=1S/C20H26N2O6/c1-20(2,3)28-18(24)21-10-5-4-9-16(21)22-15-8-6-7-13(12-23)14(15)11-17(22)27-19(25)26/h6-8,12,16-17H,4-5,9-11H2,1-3H3,(H,25,26)/t16-,17-/m1/s1. The Morgan fingerprint density at radius 3 is 2.64 bits per heavy atom. The summed E-state index contributed by atoms with van der Waals surface area (Å²) in [5.41, 5.74) is 1.32. The predicted octanol–water partition coefficient (Wildman–Crippen LogP) is 3.63. The first-order chi connectivity index (χ1) is 13.2. The molecule has 2 aliphatic heterocycles. The number of piperidine rings is 1. The van der Waals surface area contributed by atoms with E-state index < -0.39 is 30.2 Å². The summed E-state index contributed by atoms with van der Waals surface area (Å²) in [7, 11) is 0. The molecule has 3 rings (SSSR count). The van der Waals surface area contributed by atoms with Crippen LogP contribution in [0.15, 0.2) is 18.2 Å². The fourth-order valence-electron chi connectivity index (χ4n) is 3.90. The molecule has 2 aliphatic rings. The van der Waals surface area contributed by atoms with E-state index in [1.165, 1.54) is 0 Å². The number of hydrogen-bond donors (Lipinski definition) is 1. The number of carboxylic acid groups (broad SMARTS) is 1. The number of carbonyl (C=O) groups is 3. The number of aldehydes is 1. The van der Waals surface area contributed by atoms with Crippen molar-refractivity contribution in [2.24, 2.45) is 0 Å². The Morgan fingerprint density at radius 2 is 2.00 bits per heavy atom. The van der Waals surface area contributed by atoms with E-state index in [0.717, 1.165) is 30.4 Å². The SMILES string of the molecule is CC(C)(C)OC(=O)N1CCCC[C@H]1N1c2cccc(C=O)c2C[C@H]1OC(=O)O. The highest BCUT2D eigenvalue weighted by molar-refractivity contribution is 5.83. The summed E-state index contributed by atoms with van der Waals surface area (Å²) in [6.07, 6.45) is 0.364. The second-order valence-electron chi connectivity index (χ2n) is 8.06. The van der Waals surface area contributed by atoms with Gasteiger partial charge < -0.3 is 19.5 Å². The quantitative estimate of drug-likeness (QED) is 0.622. The first-order valence-corrected chi connectivity index (χ1v) is 9.46. The number of ether oxygens (including phenoxy) is 2. The van der Waals surface area contributed by atoms with E-state index in [-0.39, 0.29) is 6.42 Å². The van der Waals surface area contributed by atoms with Crippen molar-refractivity contribution in [3.63, 3.8) is 0 Å². The van der Waals surface area contributed by atoms with Crippen molar-refractivity contribution in [2.75, 3.05) is 11.4 Å². The monoisotopic (exact) mass is 390 g/mol. The average molecular weight is 390 g/mol. The minimum atomic E-state index is -1.39. The Hall–Kier alpha value is -2.77. The van der Waals surface area contributed by atoms with Gasteiger partial charge in [0.05, 0.1) is 0 Å². The van der Waals surface area contributed by atoms with Gasteiger partial charge in [0.15, 0.2) is 6.23 Å². The molecule has 0 radical (unpaired) electrons. The lowest BCUT2D eigenvalue weighted by atomic mass is 10.0. The Balaban J connectivity index is 1.98. The van der Waals surface area contributed by atoms with E-state index in [0.29, 0.717) is 18.5 Å². The van der Waals surface area contributed by atoms with Crippen LogP contribution in [0.4, 0.5) is 15.3 Å². The summed E-state index contributed by atoms with van der Waals surface area (Å²) in [6, 6.07) is 5.27. The number of anilines is 1. The van der Waals surface area contributed by atoms with Gasteiger partial charge in [-0.25, -0.2) is 9.59 Å². The van der Waals surface area contributed by atoms with E-state index in [4.69, 9.17) is 9.47 Å². The van der Waals surface area contributed by atoms with Crippen LogP contribution in [0, 0.1) is 0 Å². The fourth-order valence-corrected chi connectivity index (χ4v) is 3.90. The number of likely N-dealkylation sites (tertiary alicyclic amines) is 1. The van der Waals surface area contributed by atoms with Crippen LogP contribution in [-0.2, 0) is 15.9 Å². The molecule has 2 atom stereocenters. The second-order valence-corrected chi connectivity index (χ2v) is 8.06. The molecule has 1 N–H and O–H groups in total. The van der Waals surface area contributed by atoms with E-state index in [1.54, 1.807) is 21.9 Å². The molecule has 0 aliphatic carbocycles. The third-order valence-corrected chi connectivity index (χ3v) is 4.94. The zero-order valence-corrected chi connectivity index (χ0v) is 16.4. The van der Waals surface area contributed by atoms with Gasteiger partial charge in [-0.2, -0.15) is 0 Å². The van der Waals surface area contributed by atoms with E-state index >= 15 is 0 Å². The van der Waals surface area contributed by atoms with Crippen LogP contribution in [0.2, 0.25) is 0 Å². The molecule has 0 saturated carbocycles. The number of amides is 1. The first kappa shape index (κ1) is 20.0. The van der Waals surface area contributed by atoms with Crippen molar-refractivity contribution >= 4 is 24.2 Å². The zero-order valence-electron chi connectivity index (χ0n) is 16.4. The summed E-state index contributed by atoms with van der Waals surface area (Å²) in [5.74, 6) is 0. The van der Waals surface area contributed by atoms with Gasteiger partial charge in [0.2, 0.25) is 0 Å². The van der Waals surface area contributed by atoms with Crippen molar-refractivity contribution in [1.29, 1.82) is 0 Å². The highest BCUT2D eigenvalue weighted by atomic mass is 16.7. The van der Waals surface area contributed by atoms with Gasteiger partial charge in [0, 0.05) is 24.2 Å². The highest BCUT2D eigenvalue weighted by Gasteiger charge is 2.43. The van der Waals surface area contributed by atoms with Crippen LogP contribution in [-0.4, -0.2) is 53.1 Å². The second kappa shape index (κ2) is 7.69. The molecule has 1 aromatic rings. The Morgan fingerprint density at radius 1 is 1.25 bits per heavy atom. The molecule has 1 fully saturated rings. The Kier molecular flexibility index (Phi) is 5.49. The lowest BCUT2D eigenvalue weighted by molar-refractivity contribution is -0.000394. The third kappa shape index (κ3) is 4.05. The van der Waals surface area contributed by atoms with Gasteiger partial charge in [-0.3, -0.25) is 9.69 Å². The first-order valence-electron chi connectivity index (χ1n) is 9.46. The molecule has 8 nitrogen and oxygen atoms in total. The maximum atomic E-state index is 12.8. The predicted molar refractivity (Wildman–Crippen MR) is 101 cm³/mol. The van der Waals surface area contributed by atoms with Gasteiger partial charge in [0.25, 0.3) is 0 Å². The maximum absolute atomic E-state index is 12.8.